The van der Waals surface area contributed by atoms with E-state index in [1.165, 1.54) is 11.3 Å². The van der Waals surface area contributed by atoms with Gasteiger partial charge in [0.1, 0.15) is 0 Å². The van der Waals surface area contributed by atoms with Crippen molar-refractivity contribution >= 4 is 33.2 Å². The first-order valence-electron chi connectivity index (χ1n) is 6.06. The molecule has 0 saturated carbocycles. The molecule has 1 rings (SSSR count). The van der Waals surface area contributed by atoms with Crippen LogP contribution in [0, 0.1) is 5.92 Å². The molecule has 0 bridgehead atoms. The van der Waals surface area contributed by atoms with E-state index in [4.69, 9.17) is 11.6 Å². The summed E-state index contributed by atoms with van der Waals surface area (Å²) in [4.78, 5) is 2.44. The lowest BCUT2D eigenvalue weighted by molar-refractivity contribution is 0.570. The fourth-order valence-electron chi connectivity index (χ4n) is 1.92. The summed E-state index contributed by atoms with van der Waals surface area (Å²) in [6, 6.07) is 6.64. The van der Waals surface area contributed by atoms with E-state index in [2.05, 4.69) is 54.6 Å². The first-order valence-corrected chi connectivity index (χ1v) is 7.56. The number of rotatable bonds is 5. The van der Waals surface area contributed by atoms with Crippen LogP contribution in [0.3, 0.4) is 0 Å². The van der Waals surface area contributed by atoms with Crippen LogP contribution in [0.2, 0.25) is 5.02 Å². The van der Waals surface area contributed by atoms with Crippen molar-refractivity contribution in [2.75, 3.05) is 11.4 Å². The molecule has 96 valence electrons. The fourth-order valence-corrected chi connectivity index (χ4v) is 2.57. The summed E-state index contributed by atoms with van der Waals surface area (Å²) in [5, 5.41) is 1.64. The first-order chi connectivity index (χ1) is 7.95. The predicted molar refractivity (Wildman–Crippen MR) is 81.4 cm³/mol. The summed E-state index contributed by atoms with van der Waals surface area (Å²) in [7, 11) is 0. The van der Waals surface area contributed by atoms with Gasteiger partial charge >= 0.3 is 0 Å². The van der Waals surface area contributed by atoms with Crippen molar-refractivity contribution in [2.45, 2.75) is 39.1 Å². The summed E-state index contributed by atoms with van der Waals surface area (Å²) in [6.07, 6.45) is 0. The van der Waals surface area contributed by atoms with Gasteiger partial charge in [0.25, 0.3) is 0 Å². The summed E-state index contributed by atoms with van der Waals surface area (Å²) in [5.41, 5.74) is 2.54. The van der Waals surface area contributed by atoms with Crippen LogP contribution in [-0.4, -0.2) is 12.6 Å². The predicted octanol–water partition coefficient (Wildman–Crippen LogP) is 5.11. The highest BCUT2D eigenvalue weighted by molar-refractivity contribution is 9.08. The van der Waals surface area contributed by atoms with Crippen LogP contribution in [0.1, 0.15) is 33.3 Å². The van der Waals surface area contributed by atoms with Crippen LogP contribution in [0.15, 0.2) is 18.2 Å². The van der Waals surface area contributed by atoms with Crippen LogP contribution in [0.5, 0.6) is 0 Å². The highest BCUT2D eigenvalue weighted by atomic mass is 79.9. The second-order valence-corrected chi connectivity index (χ2v) is 6.04. The molecule has 0 aliphatic rings. The third-order valence-corrected chi connectivity index (χ3v) is 3.52. The molecule has 0 amide bonds. The maximum atomic E-state index is 6.05. The van der Waals surface area contributed by atoms with Gasteiger partial charge in [-0.05, 0) is 43.5 Å². The quantitative estimate of drug-likeness (QED) is 0.682. The molecule has 0 heterocycles. The average Bonchev–Trinajstić information content (AvgIpc) is 2.25. The number of alkyl halides is 1. The molecule has 17 heavy (non-hydrogen) atoms. The van der Waals surface area contributed by atoms with Crippen molar-refractivity contribution < 1.29 is 0 Å². The SMILES string of the molecule is CC(C)CN(c1ccc(Cl)cc1CBr)C(C)C. The summed E-state index contributed by atoms with van der Waals surface area (Å²) in [5.74, 6) is 0.649. The van der Waals surface area contributed by atoms with E-state index in [1.54, 1.807) is 0 Å². The van der Waals surface area contributed by atoms with Crippen LogP contribution in [0.25, 0.3) is 0 Å². The minimum atomic E-state index is 0.497. The Morgan fingerprint density at radius 1 is 1.24 bits per heavy atom. The molecule has 0 unspecified atom stereocenters. The number of halogens is 2. The Labute approximate surface area is 118 Å². The van der Waals surface area contributed by atoms with Crippen LogP contribution < -0.4 is 4.90 Å². The van der Waals surface area contributed by atoms with Gasteiger partial charge in [0.05, 0.1) is 0 Å². The Bertz CT molecular complexity index is 363. The molecule has 1 aromatic carbocycles. The fraction of sp³-hybridized carbons (Fsp3) is 0.571. The molecular formula is C14H21BrClN. The van der Waals surface area contributed by atoms with E-state index < -0.39 is 0 Å². The normalized spacial score (nSPS) is 11.3. The third-order valence-electron chi connectivity index (χ3n) is 2.68. The Balaban J connectivity index is 3.08. The van der Waals surface area contributed by atoms with E-state index in [0.717, 1.165) is 16.9 Å². The zero-order valence-electron chi connectivity index (χ0n) is 11.0. The molecule has 1 aromatic rings. The zero-order chi connectivity index (χ0) is 13.0. The highest BCUT2D eigenvalue weighted by Gasteiger charge is 2.15. The Kier molecular flexibility index (Phi) is 5.81. The molecule has 0 radical (unpaired) electrons. The highest BCUT2D eigenvalue weighted by Crippen LogP contribution is 2.28. The lowest BCUT2D eigenvalue weighted by Gasteiger charge is -2.32. The van der Waals surface area contributed by atoms with Gasteiger partial charge in [-0.15, -0.1) is 0 Å². The molecule has 3 heteroatoms. The van der Waals surface area contributed by atoms with Crippen molar-refractivity contribution in [1.82, 2.24) is 0 Å². The molecule has 0 N–H and O–H groups in total. The van der Waals surface area contributed by atoms with Gasteiger partial charge < -0.3 is 4.90 Å². The monoisotopic (exact) mass is 317 g/mol. The Hall–Kier alpha value is -0.210. The molecule has 0 atom stereocenters. The van der Waals surface area contributed by atoms with Gasteiger partial charge in [0.15, 0.2) is 0 Å². The number of hydrogen-bond acceptors (Lipinski definition) is 1. The Morgan fingerprint density at radius 2 is 1.88 bits per heavy atom. The van der Waals surface area contributed by atoms with Crippen molar-refractivity contribution in [3.05, 3.63) is 28.8 Å². The number of nitrogens with zero attached hydrogens (tertiary/aromatic N) is 1. The van der Waals surface area contributed by atoms with Gasteiger partial charge in [0.2, 0.25) is 0 Å². The van der Waals surface area contributed by atoms with Crippen LogP contribution in [-0.2, 0) is 5.33 Å². The van der Waals surface area contributed by atoms with Gasteiger partial charge in [-0.25, -0.2) is 0 Å². The standard InChI is InChI=1S/C14H21BrClN/c1-10(2)9-17(11(3)4)14-6-5-13(16)7-12(14)8-15/h5-7,10-11H,8-9H2,1-4H3. The molecule has 0 aliphatic heterocycles. The van der Waals surface area contributed by atoms with E-state index in [0.29, 0.717) is 12.0 Å². The van der Waals surface area contributed by atoms with Crippen molar-refractivity contribution in [2.24, 2.45) is 5.92 Å². The summed E-state index contributed by atoms with van der Waals surface area (Å²) < 4.78 is 0. The number of anilines is 1. The smallest absolute Gasteiger partial charge is 0.0410 e. The van der Waals surface area contributed by atoms with E-state index in [9.17, 15) is 0 Å². The maximum Gasteiger partial charge on any atom is 0.0410 e. The molecule has 0 aliphatic carbocycles. The minimum Gasteiger partial charge on any atom is -0.369 e. The first kappa shape index (κ1) is 14.8. The van der Waals surface area contributed by atoms with E-state index in [-0.39, 0.29) is 0 Å². The zero-order valence-corrected chi connectivity index (χ0v) is 13.3. The molecule has 0 aromatic heterocycles. The van der Waals surface area contributed by atoms with E-state index >= 15 is 0 Å². The third kappa shape index (κ3) is 4.18. The molecule has 0 spiro atoms. The minimum absolute atomic E-state index is 0.497. The van der Waals surface area contributed by atoms with Gasteiger partial charge in [0, 0.05) is 28.6 Å². The van der Waals surface area contributed by atoms with Crippen molar-refractivity contribution in [3.63, 3.8) is 0 Å². The molecule has 0 saturated heterocycles. The second kappa shape index (κ2) is 6.65. The topological polar surface area (TPSA) is 3.24 Å². The van der Waals surface area contributed by atoms with Crippen molar-refractivity contribution in [1.29, 1.82) is 0 Å². The maximum absolute atomic E-state index is 6.05. The number of benzene rings is 1. The van der Waals surface area contributed by atoms with Gasteiger partial charge in [-0.1, -0.05) is 41.4 Å². The average molecular weight is 319 g/mol. The largest absolute Gasteiger partial charge is 0.369 e. The Morgan fingerprint density at radius 3 is 2.35 bits per heavy atom. The summed E-state index contributed by atoms with van der Waals surface area (Å²) >= 11 is 9.59. The summed E-state index contributed by atoms with van der Waals surface area (Å²) in [6.45, 7) is 10.0. The van der Waals surface area contributed by atoms with Crippen molar-refractivity contribution in [3.8, 4) is 0 Å². The molecular weight excluding hydrogens is 298 g/mol. The second-order valence-electron chi connectivity index (χ2n) is 5.05. The van der Waals surface area contributed by atoms with Gasteiger partial charge in [-0.3, -0.25) is 0 Å². The number of hydrogen-bond donors (Lipinski definition) is 0. The molecule has 0 fully saturated rings. The van der Waals surface area contributed by atoms with Crippen LogP contribution in [0.4, 0.5) is 5.69 Å². The van der Waals surface area contributed by atoms with Gasteiger partial charge in [-0.2, -0.15) is 0 Å². The lowest BCUT2D eigenvalue weighted by Crippen LogP contribution is -2.34. The van der Waals surface area contributed by atoms with Crippen LogP contribution >= 0.6 is 27.5 Å². The van der Waals surface area contributed by atoms with E-state index in [1.807, 2.05) is 12.1 Å². The molecule has 1 nitrogen and oxygen atoms in total. The lowest BCUT2D eigenvalue weighted by atomic mass is 10.1.